The maximum atomic E-state index is 12.0. The molecule has 0 aliphatic heterocycles. The molecule has 2 N–H and O–H groups in total. The zero-order valence-electron chi connectivity index (χ0n) is 8.65. The molecule has 92 valence electrons. The van der Waals surface area contributed by atoms with Gasteiger partial charge in [-0.15, -0.1) is 0 Å². The Labute approximate surface area is 94.1 Å². The van der Waals surface area contributed by atoms with Gasteiger partial charge in [-0.3, -0.25) is 14.9 Å². The first kappa shape index (κ1) is 12.8. The summed E-state index contributed by atoms with van der Waals surface area (Å²) in [5, 5.41) is 10.6. The van der Waals surface area contributed by atoms with Gasteiger partial charge in [0.15, 0.2) is 17.2 Å². The number of nitrogen functional groups attached to an aromatic ring is 1. The number of nitro groups is 1. The lowest BCUT2D eigenvalue weighted by atomic mass is 10.1. The zero-order chi connectivity index (χ0) is 13.2. The van der Waals surface area contributed by atoms with Crippen LogP contribution >= 0.6 is 0 Å². The summed E-state index contributed by atoms with van der Waals surface area (Å²) in [5.74, 6) is -1.10. The molecule has 0 spiro atoms. The van der Waals surface area contributed by atoms with Crippen LogP contribution in [0.2, 0.25) is 0 Å². The maximum Gasteiger partial charge on any atom is 0.387 e. The lowest BCUT2D eigenvalue weighted by Gasteiger charge is -2.09. The number of hydrogen-bond donors (Lipinski definition) is 1. The number of alkyl halides is 2. The fourth-order valence-corrected chi connectivity index (χ4v) is 1.16. The molecular weight excluding hydrogens is 238 g/mol. The van der Waals surface area contributed by atoms with E-state index < -0.39 is 34.4 Å². The van der Waals surface area contributed by atoms with Gasteiger partial charge in [-0.25, -0.2) is 0 Å². The van der Waals surface area contributed by atoms with Crippen molar-refractivity contribution in [2.75, 3.05) is 5.73 Å². The highest BCUT2D eigenvalue weighted by Gasteiger charge is 2.21. The third kappa shape index (κ3) is 2.86. The van der Waals surface area contributed by atoms with Crippen molar-refractivity contribution in [1.82, 2.24) is 0 Å². The number of ether oxygens (including phenoxy) is 1. The number of nitrogens with two attached hydrogens (primary N) is 1. The van der Waals surface area contributed by atoms with Crippen molar-refractivity contribution >= 4 is 17.2 Å². The molecule has 0 saturated carbocycles. The first-order valence-corrected chi connectivity index (χ1v) is 4.36. The molecule has 0 bridgehead atoms. The quantitative estimate of drug-likeness (QED) is 0.379. The maximum absolute atomic E-state index is 12.0. The van der Waals surface area contributed by atoms with Crippen molar-refractivity contribution in [1.29, 1.82) is 0 Å². The fraction of sp³-hybridized carbons (Fsp3) is 0.222. The van der Waals surface area contributed by atoms with E-state index in [-0.39, 0.29) is 5.56 Å². The summed E-state index contributed by atoms with van der Waals surface area (Å²) in [4.78, 5) is 20.8. The molecule has 8 heteroatoms. The first-order chi connectivity index (χ1) is 7.82. The second kappa shape index (κ2) is 4.73. The third-order valence-electron chi connectivity index (χ3n) is 1.94. The molecular formula is C9H8F2N2O4. The van der Waals surface area contributed by atoms with Crippen LogP contribution in [-0.4, -0.2) is 17.3 Å². The van der Waals surface area contributed by atoms with E-state index in [9.17, 15) is 23.7 Å². The molecule has 6 nitrogen and oxygen atoms in total. The molecule has 0 saturated heterocycles. The van der Waals surface area contributed by atoms with E-state index in [1.807, 2.05) is 0 Å². The molecule has 0 fully saturated rings. The molecule has 0 aliphatic rings. The number of nitrogens with zero attached hydrogens (tertiary/aromatic N) is 1. The molecule has 0 atom stereocenters. The van der Waals surface area contributed by atoms with Crippen LogP contribution in [0.5, 0.6) is 5.75 Å². The number of carbonyl (C=O) groups excluding carboxylic acids is 1. The highest BCUT2D eigenvalue weighted by Crippen LogP contribution is 2.34. The van der Waals surface area contributed by atoms with Crippen molar-refractivity contribution in [2.45, 2.75) is 13.5 Å². The summed E-state index contributed by atoms with van der Waals surface area (Å²) in [5.41, 5.74) is 3.98. The van der Waals surface area contributed by atoms with Gasteiger partial charge >= 0.3 is 6.61 Å². The Morgan fingerprint density at radius 2 is 2.12 bits per heavy atom. The standard InChI is InChI=1S/C9H8F2N2O4/c1-4(14)5-2-6(13(15)16)8(12)7(3-5)17-9(10)11/h2-3,9H,12H2,1H3. The summed E-state index contributed by atoms with van der Waals surface area (Å²) < 4.78 is 28.1. The number of hydrogen-bond acceptors (Lipinski definition) is 5. The van der Waals surface area contributed by atoms with E-state index >= 15 is 0 Å². The number of ketones is 1. The van der Waals surface area contributed by atoms with E-state index in [0.29, 0.717) is 0 Å². The molecule has 1 aromatic rings. The van der Waals surface area contributed by atoms with Crippen LogP contribution in [0.1, 0.15) is 17.3 Å². The van der Waals surface area contributed by atoms with E-state index in [0.717, 1.165) is 19.1 Å². The van der Waals surface area contributed by atoms with Crippen LogP contribution in [-0.2, 0) is 0 Å². The molecule has 0 amide bonds. The monoisotopic (exact) mass is 246 g/mol. The van der Waals surface area contributed by atoms with Crippen molar-refractivity contribution in [2.24, 2.45) is 0 Å². The van der Waals surface area contributed by atoms with E-state index in [2.05, 4.69) is 4.74 Å². The van der Waals surface area contributed by atoms with Crippen molar-refractivity contribution in [3.8, 4) is 5.75 Å². The van der Waals surface area contributed by atoms with E-state index in [1.165, 1.54) is 0 Å². The number of carbonyl (C=O) groups is 1. The molecule has 0 unspecified atom stereocenters. The van der Waals surface area contributed by atoms with Gasteiger partial charge in [0.1, 0.15) is 0 Å². The van der Waals surface area contributed by atoms with Gasteiger partial charge in [-0.05, 0) is 13.0 Å². The van der Waals surface area contributed by atoms with Gasteiger partial charge in [0, 0.05) is 11.6 Å². The minimum absolute atomic E-state index is 0.124. The van der Waals surface area contributed by atoms with Crippen molar-refractivity contribution in [3.05, 3.63) is 27.8 Å². The summed E-state index contributed by atoms with van der Waals surface area (Å²) in [6.45, 7) is -2.04. The Kier molecular flexibility index (Phi) is 3.56. The minimum atomic E-state index is -3.18. The number of anilines is 1. The number of benzene rings is 1. The predicted octanol–water partition coefficient (Wildman–Crippen LogP) is 1.98. The Bertz CT molecular complexity index is 476. The molecule has 1 aromatic carbocycles. The van der Waals surface area contributed by atoms with Gasteiger partial charge in [-0.2, -0.15) is 8.78 Å². The molecule has 1 rings (SSSR count). The van der Waals surface area contributed by atoms with Crippen LogP contribution < -0.4 is 10.5 Å². The van der Waals surface area contributed by atoms with Gasteiger partial charge < -0.3 is 10.5 Å². The average molecular weight is 246 g/mol. The Balaban J connectivity index is 3.37. The lowest BCUT2D eigenvalue weighted by molar-refractivity contribution is -0.384. The molecule has 0 heterocycles. The molecule has 0 aliphatic carbocycles. The summed E-state index contributed by atoms with van der Waals surface area (Å²) in [7, 11) is 0. The van der Waals surface area contributed by atoms with Crippen molar-refractivity contribution < 1.29 is 23.2 Å². The third-order valence-corrected chi connectivity index (χ3v) is 1.94. The number of nitro benzene ring substituents is 1. The predicted molar refractivity (Wildman–Crippen MR) is 54.1 cm³/mol. The summed E-state index contributed by atoms with van der Waals surface area (Å²) in [6, 6.07) is 1.85. The second-order valence-electron chi connectivity index (χ2n) is 3.10. The zero-order valence-corrected chi connectivity index (χ0v) is 8.65. The van der Waals surface area contributed by atoms with Crippen LogP contribution in [0.4, 0.5) is 20.2 Å². The van der Waals surface area contributed by atoms with E-state index in [4.69, 9.17) is 5.73 Å². The average Bonchev–Trinajstić information content (AvgIpc) is 2.19. The highest BCUT2D eigenvalue weighted by molar-refractivity contribution is 5.96. The SMILES string of the molecule is CC(=O)c1cc(OC(F)F)c(N)c([N+](=O)[O-])c1. The lowest BCUT2D eigenvalue weighted by Crippen LogP contribution is -2.08. The molecule has 0 radical (unpaired) electrons. The van der Waals surface area contributed by atoms with Crippen LogP contribution in [0.3, 0.4) is 0 Å². The van der Waals surface area contributed by atoms with Gasteiger partial charge in [0.05, 0.1) is 4.92 Å². The van der Waals surface area contributed by atoms with Crippen LogP contribution in [0.25, 0.3) is 0 Å². The Hall–Kier alpha value is -2.25. The van der Waals surface area contributed by atoms with Crippen LogP contribution in [0.15, 0.2) is 12.1 Å². The summed E-state index contributed by atoms with van der Waals surface area (Å²) in [6.07, 6.45) is 0. The van der Waals surface area contributed by atoms with Gasteiger partial charge in [-0.1, -0.05) is 0 Å². The Morgan fingerprint density at radius 3 is 2.53 bits per heavy atom. The van der Waals surface area contributed by atoms with E-state index in [1.54, 1.807) is 0 Å². The normalized spacial score (nSPS) is 10.4. The smallest absolute Gasteiger partial charge is 0.387 e. The van der Waals surface area contributed by atoms with Gasteiger partial charge in [0.2, 0.25) is 0 Å². The van der Waals surface area contributed by atoms with Gasteiger partial charge in [0.25, 0.3) is 5.69 Å². The molecule has 17 heavy (non-hydrogen) atoms. The first-order valence-electron chi connectivity index (χ1n) is 4.36. The number of Topliss-reactive ketones (excluding diaryl/α,β-unsaturated/α-hetero) is 1. The number of rotatable bonds is 4. The topological polar surface area (TPSA) is 95.5 Å². The van der Waals surface area contributed by atoms with Crippen LogP contribution in [0, 0.1) is 10.1 Å². The molecule has 0 aromatic heterocycles. The second-order valence-corrected chi connectivity index (χ2v) is 3.10. The highest BCUT2D eigenvalue weighted by atomic mass is 19.3. The fourth-order valence-electron chi connectivity index (χ4n) is 1.16. The largest absolute Gasteiger partial charge is 0.432 e. The Morgan fingerprint density at radius 1 is 1.53 bits per heavy atom. The minimum Gasteiger partial charge on any atom is -0.432 e. The van der Waals surface area contributed by atoms with Crippen molar-refractivity contribution in [3.63, 3.8) is 0 Å². The summed E-state index contributed by atoms with van der Waals surface area (Å²) >= 11 is 0. The number of halogens is 2.